The molecule has 0 saturated carbocycles. The summed E-state index contributed by atoms with van der Waals surface area (Å²) in [7, 11) is 1.84. The van der Waals surface area contributed by atoms with E-state index in [2.05, 4.69) is 33.3 Å². The average Bonchev–Trinajstić information content (AvgIpc) is 2.77. The van der Waals surface area contributed by atoms with Crippen molar-refractivity contribution in [2.45, 2.75) is 25.4 Å². The molecule has 1 aliphatic rings. The molecular weight excluding hydrogens is 489 g/mol. The molecule has 3 rings (SSSR count). The molecule has 30 heavy (non-hydrogen) atoms. The Hall–Kier alpha value is -2.40. The van der Waals surface area contributed by atoms with E-state index in [1.54, 1.807) is 0 Å². The van der Waals surface area contributed by atoms with Gasteiger partial charge in [-0.2, -0.15) is 0 Å². The van der Waals surface area contributed by atoms with Crippen molar-refractivity contribution in [1.82, 2.24) is 10.2 Å². The molecule has 160 valence electrons. The molecule has 0 spiro atoms. The smallest absolute Gasteiger partial charge is 0.193 e. The van der Waals surface area contributed by atoms with Crippen molar-refractivity contribution in [3.63, 3.8) is 0 Å². The van der Waals surface area contributed by atoms with E-state index in [0.717, 1.165) is 56.4 Å². The third kappa shape index (κ3) is 7.45. The topological polar surface area (TPSA) is 46.1 Å². The maximum absolute atomic E-state index is 6.08. The number of aliphatic imine (C=N–C) groups is 1. The van der Waals surface area contributed by atoms with Crippen LogP contribution in [0.15, 0.2) is 59.6 Å². The Labute approximate surface area is 196 Å². The summed E-state index contributed by atoms with van der Waals surface area (Å²) in [4.78, 5) is 6.76. The number of ether oxygens (including phenoxy) is 2. The SMILES string of the molecule is C#CCOc1ccc(CCNC(=NC)N2CCC(Oc3ccccc3)CC2)cc1.I. The highest BCUT2D eigenvalue weighted by molar-refractivity contribution is 14.0. The lowest BCUT2D eigenvalue weighted by atomic mass is 10.1. The maximum atomic E-state index is 6.08. The number of hydrogen-bond acceptors (Lipinski definition) is 3. The van der Waals surface area contributed by atoms with Crippen molar-refractivity contribution >= 4 is 29.9 Å². The Morgan fingerprint density at radius 1 is 1.10 bits per heavy atom. The fourth-order valence-corrected chi connectivity index (χ4v) is 3.41. The number of likely N-dealkylation sites (tertiary alicyclic amines) is 1. The molecule has 0 atom stereocenters. The zero-order valence-corrected chi connectivity index (χ0v) is 19.8. The fraction of sp³-hybridized carbons (Fsp3) is 0.375. The van der Waals surface area contributed by atoms with Crippen LogP contribution in [0, 0.1) is 12.3 Å². The van der Waals surface area contributed by atoms with E-state index in [4.69, 9.17) is 15.9 Å². The van der Waals surface area contributed by atoms with Gasteiger partial charge in [0.05, 0.1) is 0 Å². The van der Waals surface area contributed by atoms with Gasteiger partial charge in [0.15, 0.2) is 5.96 Å². The molecule has 2 aromatic rings. The van der Waals surface area contributed by atoms with Crippen LogP contribution in [0.5, 0.6) is 11.5 Å². The minimum absolute atomic E-state index is 0. The highest BCUT2D eigenvalue weighted by Gasteiger charge is 2.22. The van der Waals surface area contributed by atoms with E-state index in [9.17, 15) is 0 Å². The summed E-state index contributed by atoms with van der Waals surface area (Å²) in [5.74, 6) is 5.18. The monoisotopic (exact) mass is 519 g/mol. The Kier molecular flexibility index (Phi) is 10.4. The summed E-state index contributed by atoms with van der Waals surface area (Å²) in [5, 5.41) is 3.48. The van der Waals surface area contributed by atoms with Crippen molar-refractivity contribution in [3.05, 3.63) is 60.2 Å². The Morgan fingerprint density at radius 2 is 1.80 bits per heavy atom. The number of benzene rings is 2. The van der Waals surface area contributed by atoms with Gasteiger partial charge in [-0.15, -0.1) is 30.4 Å². The van der Waals surface area contributed by atoms with E-state index in [1.807, 2.05) is 49.5 Å². The summed E-state index contributed by atoms with van der Waals surface area (Å²) in [6.45, 7) is 3.01. The van der Waals surface area contributed by atoms with Crippen LogP contribution in [0.1, 0.15) is 18.4 Å². The molecule has 6 heteroatoms. The third-order valence-corrected chi connectivity index (χ3v) is 4.94. The standard InChI is InChI=1S/C24H29N3O2.HI/c1-3-19-28-21-11-9-20(10-12-21)13-16-26-24(25-2)27-17-14-23(15-18-27)29-22-7-5-4-6-8-22;/h1,4-12,23H,13-19H2,2H3,(H,25,26);1H. The van der Waals surface area contributed by atoms with Crippen LogP contribution in [0.3, 0.4) is 0 Å². The van der Waals surface area contributed by atoms with Gasteiger partial charge in [-0.25, -0.2) is 0 Å². The van der Waals surface area contributed by atoms with Crippen LogP contribution >= 0.6 is 24.0 Å². The van der Waals surface area contributed by atoms with E-state index >= 15 is 0 Å². The van der Waals surface area contributed by atoms with Gasteiger partial charge in [0.2, 0.25) is 0 Å². The number of guanidine groups is 1. The summed E-state index contributed by atoms with van der Waals surface area (Å²) in [5.41, 5.74) is 1.25. The molecule has 0 aliphatic carbocycles. The quantitative estimate of drug-likeness (QED) is 0.260. The zero-order valence-electron chi connectivity index (χ0n) is 17.4. The second kappa shape index (κ2) is 13.0. The van der Waals surface area contributed by atoms with E-state index in [-0.39, 0.29) is 30.1 Å². The van der Waals surface area contributed by atoms with Crippen molar-refractivity contribution in [1.29, 1.82) is 0 Å². The van der Waals surface area contributed by atoms with Gasteiger partial charge in [0, 0.05) is 39.5 Å². The third-order valence-electron chi connectivity index (χ3n) is 4.94. The highest BCUT2D eigenvalue weighted by atomic mass is 127. The van der Waals surface area contributed by atoms with E-state index in [1.165, 1.54) is 5.56 Å². The first-order chi connectivity index (χ1) is 14.3. The molecule has 1 aliphatic heterocycles. The first-order valence-corrected chi connectivity index (χ1v) is 10.1. The molecule has 1 N–H and O–H groups in total. The van der Waals surface area contributed by atoms with Crippen LogP contribution in [0.2, 0.25) is 0 Å². The summed E-state index contributed by atoms with van der Waals surface area (Å²) >= 11 is 0. The van der Waals surface area contributed by atoms with E-state index < -0.39 is 0 Å². The number of hydrogen-bond donors (Lipinski definition) is 1. The molecule has 0 radical (unpaired) electrons. The molecule has 5 nitrogen and oxygen atoms in total. The molecule has 0 bridgehead atoms. The summed E-state index contributed by atoms with van der Waals surface area (Å²) in [6.07, 6.45) is 8.39. The maximum Gasteiger partial charge on any atom is 0.193 e. The van der Waals surface area contributed by atoms with Gasteiger partial charge in [0.1, 0.15) is 24.2 Å². The lowest BCUT2D eigenvalue weighted by Crippen LogP contribution is -2.47. The van der Waals surface area contributed by atoms with Crippen LogP contribution in [0.25, 0.3) is 0 Å². The van der Waals surface area contributed by atoms with Crippen LogP contribution in [-0.4, -0.2) is 50.3 Å². The van der Waals surface area contributed by atoms with Gasteiger partial charge >= 0.3 is 0 Å². The first-order valence-electron chi connectivity index (χ1n) is 10.1. The van der Waals surface area contributed by atoms with E-state index in [0.29, 0.717) is 6.61 Å². The minimum atomic E-state index is 0. The number of nitrogens with one attached hydrogen (secondary N) is 1. The predicted octanol–water partition coefficient (Wildman–Crippen LogP) is 3.98. The predicted molar refractivity (Wildman–Crippen MR) is 133 cm³/mol. The number of nitrogens with zero attached hydrogens (tertiary/aromatic N) is 2. The molecule has 0 unspecified atom stereocenters. The second-order valence-electron chi connectivity index (χ2n) is 6.98. The average molecular weight is 519 g/mol. The van der Waals surface area contributed by atoms with Gasteiger partial charge in [0.25, 0.3) is 0 Å². The van der Waals surface area contributed by atoms with Crippen molar-refractivity contribution in [2.24, 2.45) is 4.99 Å². The number of para-hydroxylation sites is 1. The number of rotatable bonds is 7. The number of piperidine rings is 1. The van der Waals surface area contributed by atoms with Crippen LogP contribution < -0.4 is 14.8 Å². The van der Waals surface area contributed by atoms with Crippen LogP contribution in [0.4, 0.5) is 0 Å². The normalized spacial score (nSPS) is 14.4. The molecule has 1 heterocycles. The van der Waals surface area contributed by atoms with Crippen molar-refractivity contribution in [2.75, 3.05) is 33.3 Å². The first kappa shape index (κ1) is 23.9. The molecular formula is C24H30IN3O2. The van der Waals surface area contributed by atoms with Gasteiger partial charge in [-0.3, -0.25) is 4.99 Å². The molecule has 1 saturated heterocycles. The molecule has 0 amide bonds. The largest absolute Gasteiger partial charge is 0.490 e. The van der Waals surface area contributed by atoms with Gasteiger partial charge in [-0.1, -0.05) is 36.3 Å². The van der Waals surface area contributed by atoms with Gasteiger partial charge < -0.3 is 19.7 Å². The summed E-state index contributed by atoms with van der Waals surface area (Å²) in [6, 6.07) is 18.1. The Balaban J connectivity index is 0.00000320. The van der Waals surface area contributed by atoms with Crippen LogP contribution in [-0.2, 0) is 6.42 Å². The van der Waals surface area contributed by atoms with Crippen molar-refractivity contribution < 1.29 is 9.47 Å². The molecule has 0 aromatic heterocycles. The fourth-order valence-electron chi connectivity index (χ4n) is 3.41. The Morgan fingerprint density at radius 3 is 2.43 bits per heavy atom. The lowest BCUT2D eigenvalue weighted by Gasteiger charge is -2.34. The molecule has 2 aromatic carbocycles. The molecule has 1 fully saturated rings. The second-order valence-corrected chi connectivity index (χ2v) is 6.98. The lowest BCUT2D eigenvalue weighted by molar-refractivity contribution is 0.129. The van der Waals surface area contributed by atoms with Gasteiger partial charge in [-0.05, 0) is 36.2 Å². The van der Waals surface area contributed by atoms with Crippen molar-refractivity contribution in [3.8, 4) is 23.8 Å². The summed E-state index contributed by atoms with van der Waals surface area (Å²) < 4.78 is 11.5. The minimum Gasteiger partial charge on any atom is -0.490 e. The highest BCUT2D eigenvalue weighted by Crippen LogP contribution is 2.18. The Bertz CT molecular complexity index is 811. The number of halogens is 1. The number of terminal acetylenes is 1. The zero-order chi connectivity index (χ0) is 20.3.